The molecule has 1 heterocycles. The highest BCUT2D eigenvalue weighted by Crippen LogP contribution is 2.28. The smallest absolute Gasteiger partial charge is 0.341 e. The highest BCUT2D eigenvalue weighted by Gasteiger charge is 2.30. The third-order valence-corrected chi connectivity index (χ3v) is 3.52. The highest BCUT2D eigenvalue weighted by molar-refractivity contribution is 5.88. The molecule has 0 bridgehead atoms. The normalized spacial score (nSPS) is 16.4. The summed E-state index contributed by atoms with van der Waals surface area (Å²) in [5.41, 5.74) is -2.30. The molecule has 1 saturated heterocycles. The maximum atomic E-state index is 13.8. The summed E-state index contributed by atoms with van der Waals surface area (Å²) in [7, 11) is 0. The number of carboxylic acids is 1. The van der Waals surface area contributed by atoms with Crippen molar-refractivity contribution in [2.24, 2.45) is 5.92 Å². The first-order chi connectivity index (χ1) is 9.43. The van der Waals surface area contributed by atoms with Crippen molar-refractivity contribution in [1.82, 2.24) is 5.32 Å². The quantitative estimate of drug-likeness (QED) is 0.664. The van der Waals surface area contributed by atoms with E-state index in [0.29, 0.717) is 25.9 Å². The summed E-state index contributed by atoms with van der Waals surface area (Å²) >= 11 is 0. The van der Waals surface area contributed by atoms with E-state index in [0.717, 1.165) is 0 Å². The topological polar surface area (TPSA) is 49.3 Å². The number of nitrogens with one attached hydrogen (secondary N) is 1. The van der Waals surface area contributed by atoms with Gasteiger partial charge in [0.15, 0.2) is 23.3 Å². The monoisotopic (exact) mass is 291 g/mol. The van der Waals surface area contributed by atoms with E-state index in [4.69, 9.17) is 5.11 Å². The predicted molar refractivity (Wildman–Crippen MR) is 62.5 cm³/mol. The summed E-state index contributed by atoms with van der Waals surface area (Å²) in [6.07, 6.45) is 1.14. The first-order valence-electron chi connectivity index (χ1n) is 6.22. The molecule has 0 amide bonds. The molecule has 3 nitrogen and oxygen atoms in total. The molecule has 0 spiro atoms. The van der Waals surface area contributed by atoms with Crippen LogP contribution in [-0.2, 0) is 6.42 Å². The lowest BCUT2D eigenvalue weighted by Crippen LogP contribution is -2.29. The van der Waals surface area contributed by atoms with E-state index in [-0.39, 0.29) is 12.3 Å². The molecule has 20 heavy (non-hydrogen) atoms. The number of rotatable bonds is 3. The van der Waals surface area contributed by atoms with Gasteiger partial charge in [-0.1, -0.05) is 0 Å². The number of piperidine rings is 1. The van der Waals surface area contributed by atoms with E-state index in [9.17, 15) is 22.4 Å². The Kier molecular flexibility index (Phi) is 4.27. The molecule has 0 unspecified atom stereocenters. The molecule has 1 aromatic carbocycles. The average Bonchev–Trinajstić information content (AvgIpc) is 2.42. The van der Waals surface area contributed by atoms with Crippen molar-refractivity contribution in [1.29, 1.82) is 0 Å². The maximum absolute atomic E-state index is 13.8. The van der Waals surface area contributed by atoms with Crippen LogP contribution in [0.1, 0.15) is 28.8 Å². The number of carbonyl (C=O) groups is 1. The molecule has 7 heteroatoms. The second kappa shape index (κ2) is 5.78. The molecule has 0 aromatic heterocycles. The molecule has 1 fully saturated rings. The summed E-state index contributed by atoms with van der Waals surface area (Å²) < 4.78 is 54.6. The van der Waals surface area contributed by atoms with Gasteiger partial charge >= 0.3 is 5.97 Å². The van der Waals surface area contributed by atoms with Crippen molar-refractivity contribution in [2.45, 2.75) is 19.3 Å². The number of aromatic carboxylic acids is 1. The van der Waals surface area contributed by atoms with Gasteiger partial charge in [-0.05, 0) is 38.3 Å². The zero-order valence-electron chi connectivity index (χ0n) is 10.5. The van der Waals surface area contributed by atoms with Gasteiger partial charge < -0.3 is 10.4 Å². The molecule has 0 atom stereocenters. The molecule has 1 aromatic rings. The van der Waals surface area contributed by atoms with Crippen molar-refractivity contribution >= 4 is 5.97 Å². The highest BCUT2D eigenvalue weighted by atomic mass is 19.2. The average molecular weight is 291 g/mol. The Morgan fingerprint density at radius 1 is 1.05 bits per heavy atom. The van der Waals surface area contributed by atoms with Crippen LogP contribution in [-0.4, -0.2) is 24.2 Å². The third kappa shape index (κ3) is 2.63. The maximum Gasteiger partial charge on any atom is 0.341 e. The zero-order valence-corrected chi connectivity index (χ0v) is 10.5. The molecule has 2 rings (SSSR count). The summed E-state index contributed by atoms with van der Waals surface area (Å²) in [6.45, 7) is 1.35. The standard InChI is InChI=1S/C13H13F4NO2/c14-9-7(5-6-1-3-18-4-2-6)10(15)12(17)8(11(9)16)13(19)20/h6,18H,1-5H2,(H,19,20). The fraction of sp³-hybridized carbons (Fsp3) is 0.462. The van der Waals surface area contributed by atoms with Gasteiger partial charge in [0.05, 0.1) is 0 Å². The van der Waals surface area contributed by atoms with Crippen LogP contribution in [0.25, 0.3) is 0 Å². The van der Waals surface area contributed by atoms with Crippen LogP contribution in [0, 0.1) is 29.2 Å². The van der Waals surface area contributed by atoms with Crippen LogP contribution in [0.4, 0.5) is 17.6 Å². The third-order valence-electron chi connectivity index (χ3n) is 3.52. The van der Waals surface area contributed by atoms with Gasteiger partial charge in [-0.15, -0.1) is 0 Å². The summed E-state index contributed by atoms with van der Waals surface area (Å²) in [4.78, 5) is 10.6. The lowest BCUT2D eigenvalue weighted by atomic mass is 9.90. The first-order valence-corrected chi connectivity index (χ1v) is 6.22. The number of hydrogen-bond acceptors (Lipinski definition) is 2. The number of benzene rings is 1. The fourth-order valence-electron chi connectivity index (χ4n) is 2.42. The van der Waals surface area contributed by atoms with Gasteiger partial charge in [-0.3, -0.25) is 0 Å². The first kappa shape index (κ1) is 14.8. The summed E-state index contributed by atoms with van der Waals surface area (Å²) in [5, 5.41) is 11.6. The molecule has 110 valence electrons. The van der Waals surface area contributed by atoms with Gasteiger partial charge in [-0.25, -0.2) is 22.4 Å². The van der Waals surface area contributed by atoms with E-state index in [1.165, 1.54) is 0 Å². The van der Waals surface area contributed by atoms with Crippen molar-refractivity contribution < 1.29 is 27.5 Å². The Bertz CT molecular complexity index is 513. The summed E-state index contributed by atoms with van der Waals surface area (Å²) in [5.74, 6) is -9.04. The Hall–Kier alpha value is -1.63. The molecule has 0 saturated carbocycles. The van der Waals surface area contributed by atoms with Gasteiger partial charge in [0.1, 0.15) is 5.56 Å². The van der Waals surface area contributed by atoms with Gasteiger partial charge in [0.2, 0.25) is 0 Å². The van der Waals surface area contributed by atoms with E-state index in [2.05, 4.69) is 5.32 Å². The minimum atomic E-state index is -2.04. The van der Waals surface area contributed by atoms with Gasteiger partial charge in [-0.2, -0.15) is 0 Å². The second-order valence-electron chi connectivity index (χ2n) is 4.81. The van der Waals surface area contributed by atoms with E-state index in [1.807, 2.05) is 0 Å². The number of halogens is 4. The lowest BCUT2D eigenvalue weighted by molar-refractivity contribution is 0.0683. The van der Waals surface area contributed by atoms with Gasteiger partial charge in [0.25, 0.3) is 0 Å². The number of hydrogen-bond donors (Lipinski definition) is 2. The molecule has 0 aliphatic carbocycles. The Morgan fingerprint density at radius 2 is 1.55 bits per heavy atom. The van der Waals surface area contributed by atoms with Gasteiger partial charge in [0, 0.05) is 5.56 Å². The van der Waals surface area contributed by atoms with Crippen molar-refractivity contribution in [3.8, 4) is 0 Å². The molecular formula is C13H13F4NO2. The minimum absolute atomic E-state index is 0.0882. The largest absolute Gasteiger partial charge is 0.477 e. The Morgan fingerprint density at radius 3 is 2.00 bits per heavy atom. The Balaban J connectivity index is 2.41. The second-order valence-corrected chi connectivity index (χ2v) is 4.81. The lowest BCUT2D eigenvalue weighted by Gasteiger charge is -2.23. The molecule has 1 aliphatic heterocycles. The van der Waals surface area contributed by atoms with E-state index in [1.54, 1.807) is 0 Å². The van der Waals surface area contributed by atoms with E-state index >= 15 is 0 Å². The van der Waals surface area contributed by atoms with Crippen LogP contribution in [0.2, 0.25) is 0 Å². The fourth-order valence-corrected chi connectivity index (χ4v) is 2.42. The van der Waals surface area contributed by atoms with Crippen molar-refractivity contribution in [3.05, 3.63) is 34.4 Å². The summed E-state index contributed by atoms with van der Waals surface area (Å²) in [6, 6.07) is 0. The van der Waals surface area contributed by atoms with Crippen molar-refractivity contribution in [3.63, 3.8) is 0 Å². The predicted octanol–water partition coefficient (Wildman–Crippen LogP) is 2.48. The van der Waals surface area contributed by atoms with Crippen LogP contribution >= 0.6 is 0 Å². The SMILES string of the molecule is O=C(O)c1c(F)c(F)c(CC2CCNCC2)c(F)c1F. The molecule has 0 radical (unpaired) electrons. The minimum Gasteiger partial charge on any atom is -0.477 e. The molecular weight excluding hydrogens is 278 g/mol. The molecule has 1 aliphatic rings. The van der Waals surface area contributed by atoms with Crippen LogP contribution in [0.5, 0.6) is 0 Å². The Labute approximate surface area is 112 Å². The van der Waals surface area contributed by atoms with Crippen molar-refractivity contribution in [2.75, 3.05) is 13.1 Å². The van der Waals surface area contributed by atoms with E-state index < -0.39 is 40.4 Å². The van der Waals surface area contributed by atoms with Crippen LogP contribution < -0.4 is 5.32 Å². The molecule has 2 N–H and O–H groups in total. The number of carboxylic acid groups (broad SMARTS) is 1. The van der Waals surface area contributed by atoms with Crippen LogP contribution in [0.3, 0.4) is 0 Å². The zero-order chi connectivity index (χ0) is 14.9. The van der Waals surface area contributed by atoms with Crippen LogP contribution in [0.15, 0.2) is 0 Å².